The molecule has 0 fully saturated rings. The van der Waals surface area contributed by atoms with Crippen molar-refractivity contribution in [1.29, 1.82) is 0 Å². The summed E-state index contributed by atoms with van der Waals surface area (Å²) < 4.78 is 21.5. The fourth-order valence-corrected chi connectivity index (χ4v) is 3.14. The molecular formula is C20H26O5. The lowest BCUT2D eigenvalue weighted by molar-refractivity contribution is 0.178. The zero-order valence-electron chi connectivity index (χ0n) is 15.3. The summed E-state index contributed by atoms with van der Waals surface area (Å²) in [7, 11) is 6.63. The fourth-order valence-electron chi connectivity index (χ4n) is 3.14. The molecule has 0 atom stereocenters. The topological polar surface area (TPSA) is 57.2 Å². The molecule has 0 aliphatic heterocycles. The lowest BCUT2D eigenvalue weighted by Gasteiger charge is -2.21. The van der Waals surface area contributed by atoms with Crippen LogP contribution in [0, 0.1) is 0 Å². The molecule has 0 amide bonds. The molecular weight excluding hydrogens is 320 g/mol. The lowest BCUT2D eigenvalue weighted by atomic mass is 9.88. The highest BCUT2D eigenvalue weighted by atomic mass is 16.5. The van der Waals surface area contributed by atoms with E-state index in [0.717, 1.165) is 33.4 Å². The Morgan fingerprint density at radius 3 is 1.40 bits per heavy atom. The van der Waals surface area contributed by atoms with Crippen LogP contribution in [-0.2, 0) is 45.4 Å². The third-order valence-corrected chi connectivity index (χ3v) is 3.97. The molecule has 1 N–H and O–H groups in total. The van der Waals surface area contributed by atoms with Crippen LogP contribution in [0.1, 0.15) is 22.3 Å². The van der Waals surface area contributed by atoms with Gasteiger partial charge in [0.15, 0.2) is 0 Å². The van der Waals surface area contributed by atoms with Gasteiger partial charge in [0.1, 0.15) is 5.75 Å². The second-order valence-electron chi connectivity index (χ2n) is 5.82. The molecule has 2 aromatic carbocycles. The van der Waals surface area contributed by atoms with E-state index in [0.29, 0.717) is 26.4 Å². The Kier molecular flexibility index (Phi) is 7.40. The van der Waals surface area contributed by atoms with Gasteiger partial charge < -0.3 is 24.1 Å². The van der Waals surface area contributed by atoms with Gasteiger partial charge in [0, 0.05) is 28.4 Å². The van der Waals surface area contributed by atoms with Crippen molar-refractivity contribution in [3.05, 3.63) is 52.6 Å². The minimum absolute atomic E-state index is 0.195. The molecule has 2 aromatic rings. The van der Waals surface area contributed by atoms with Gasteiger partial charge in [-0.3, -0.25) is 0 Å². The molecule has 0 bridgehead atoms. The van der Waals surface area contributed by atoms with Crippen molar-refractivity contribution < 1.29 is 24.1 Å². The SMILES string of the molecule is COCc1cccc(COC)c1-c1c(COC)cc(O)cc1COC. The van der Waals surface area contributed by atoms with E-state index >= 15 is 0 Å². The molecule has 25 heavy (non-hydrogen) atoms. The zero-order chi connectivity index (χ0) is 18.2. The highest BCUT2D eigenvalue weighted by molar-refractivity contribution is 5.77. The number of aromatic hydroxyl groups is 1. The van der Waals surface area contributed by atoms with Gasteiger partial charge in [-0.1, -0.05) is 18.2 Å². The Hall–Kier alpha value is -1.92. The first-order chi connectivity index (χ1) is 12.2. The Bertz CT molecular complexity index is 645. The summed E-state index contributed by atoms with van der Waals surface area (Å²) in [6.07, 6.45) is 0. The standard InChI is InChI=1S/C20H26O5/c1-22-10-14-6-5-7-15(11-23-2)19(14)20-16(12-24-3)8-18(21)9-17(20)13-25-4/h5-9,21H,10-13H2,1-4H3. The van der Waals surface area contributed by atoms with Gasteiger partial charge in [0.05, 0.1) is 26.4 Å². The largest absolute Gasteiger partial charge is 0.508 e. The average molecular weight is 346 g/mol. The van der Waals surface area contributed by atoms with Crippen LogP contribution in [0.15, 0.2) is 30.3 Å². The maximum atomic E-state index is 10.1. The van der Waals surface area contributed by atoms with Crippen LogP contribution < -0.4 is 0 Å². The van der Waals surface area contributed by atoms with Gasteiger partial charge in [-0.2, -0.15) is 0 Å². The van der Waals surface area contributed by atoms with Crippen LogP contribution in [0.2, 0.25) is 0 Å². The summed E-state index contributed by atoms with van der Waals surface area (Å²) in [6.45, 7) is 1.72. The Morgan fingerprint density at radius 1 is 0.640 bits per heavy atom. The molecule has 0 radical (unpaired) electrons. The minimum atomic E-state index is 0.195. The second kappa shape index (κ2) is 9.53. The van der Waals surface area contributed by atoms with Crippen LogP contribution in [0.4, 0.5) is 0 Å². The molecule has 0 aromatic heterocycles. The smallest absolute Gasteiger partial charge is 0.116 e. The number of phenolic OH excluding ortho intramolecular Hbond substituents is 1. The molecule has 0 saturated carbocycles. The van der Waals surface area contributed by atoms with E-state index < -0.39 is 0 Å². The maximum Gasteiger partial charge on any atom is 0.116 e. The van der Waals surface area contributed by atoms with Crippen molar-refractivity contribution in [2.24, 2.45) is 0 Å². The van der Waals surface area contributed by atoms with E-state index in [2.05, 4.69) is 0 Å². The number of rotatable bonds is 9. The zero-order valence-corrected chi connectivity index (χ0v) is 15.3. The molecule has 136 valence electrons. The van der Waals surface area contributed by atoms with E-state index in [1.165, 1.54) is 0 Å². The number of phenols is 1. The van der Waals surface area contributed by atoms with Gasteiger partial charge in [-0.05, 0) is 45.5 Å². The number of ether oxygens (including phenoxy) is 4. The van der Waals surface area contributed by atoms with Crippen molar-refractivity contribution in [2.75, 3.05) is 28.4 Å². The van der Waals surface area contributed by atoms with Crippen molar-refractivity contribution >= 4 is 0 Å². The van der Waals surface area contributed by atoms with Gasteiger partial charge in [-0.25, -0.2) is 0 Å². The minimum Gasteiger partial charge on any atom is -0.508 e. The van der Waals surface area contributed by atoms with E-state index in [-0.39, 0.29) is 5.75 Å². The third kappa shape index (κ3) is 4.58. The Balaban J connectivity index is 2.78. The van der Waals surface area contributed by atoms with Crippen LogP contribution in [-0.4, -0.2) is 33.5 Å². The van der Waals surface area contributed by atoms with Crippen molar-refractivity contribution in [1.82, 2.24) is 0 Å². The second-order valence-corrected chi connectivity index (χ2v) is 5.82. The third-order valence-electron chi connectivity index (χ3n) is 3.97. The first kappa shape index (κ1) is 19.4. The average Bonchev–Trinajstić information content (AvgIpc) is 2.57. The Morgan fingerprint density at radius 2 is 1.00 bits per heavy atom. The van der Waals surface area contributed by atoms with E-state index in [9.17, 15) is 5.11 Å². The fraction of sp³-hybridized carbons (Fsp3) is 0.400. The van der Waals surface area contributed by atoms with E-state index in [4.69, 9.17) is 18.9 Å². The molecule has 0 spiro atoms. The predicted octanol–water partition coefficient (Wildman–Crippen LogP) is 3.64. The van der Waals surface area contributed by atoms with Crippen LogP contribution in [0.5, 0.6) is 5.75 Å². The first-order valence-corrected chi connectivity index (χ1v) is 8.07. The summed E-state index contributed by atoms with van der Waals surface area (Å²) in [4.78, 5) is 0. The highest BCUT2D eigenvalue weighted by Crippen LogP contribution is 2.37. The quantitative estimate of drug-likeness (QED) is 0.751. The van der Waals surface area contributed by atoms with Gasteiger partial charge in [0.25, 0.3) is 0 Å². The summed E-state index contributed by atoms with van der Waals surface area (Å²) in [5.41, 5.74) is 5.95. The number of benzene rings is 2. The molecule has 0 unspecified atom stereocenters. The molecule has 5 nitrogen and oxygen atoms in total. The lowest BCUT2D eigenvalue weighted by Crippen LogP contribution is -2.05. The van der Waals surface area contributed by atoms with Crippen molar-refractivity contribution in [3.63, 3.8) is 0 Å². The van der Waals surface area contributed by atoms with Gasteiger partial charge in [0.2, 0.25) is 0 Å². The van der Waals surface area contributed by atoms with Gasteiger partial charge >= 0.3 is 0 Å². The Labute approximate surface area is 149 Å². The van der Waals surface area contributed by atoms with Gasteiger partial charge in [-0.15, -0.1) is 0 Å². The van der Waals surface area contributed by atoms with Crippen LogP contribution in [0.25, 0.3) is 11.1 Å². The number of methoxy groups -OCH3 is 4. The molecule has 0 aliphatic rings. The molecule has 0 saturated heterocycles. The van der Waals surface area contributed by atoms with Crippen molar-refractivity contribution in [2.45, 2.75) is 26.4 Å². The normalized spacial score (nSPS) is 11.0. The monoisotopic (exact) mass is 346 g/mol. The molecule has 0 aliphatic carbocycles. The molecule has 5 heteroatoms. The highest BCUT2D eigenvalue weighted by Gasteiger charge is 2.19. The summed E-state index contributed by atoms with van der Waals surface area (Å²) in [5.74, 6) is 0.195. The number of hydrogen-bond donors (Lipinski definition) is 1. The summed E-state index contributed by atoms with van der Waals surface area (Å²) >= 11 is 0. The summed E-state index contributed by atoms with van der Waals surface area (Å²) in [6, 6.07) is 9.55. The molecule has 2 rings (SSSR count). The van der Waals surface area contributed by atoms with Crippen molar-refractivity contribution in [3.8, 4) is 16.9 Å². The van der Waals surface area contributed by atoms with Crippen LogP contribution in [0.3, 0.4) is 0 Å². The maximum absolute atomic E-state index is 10.1. The first-order valence-electron chi connectivity index (χ1n) is 8.07. The summed E-state index contributed by atoms with van der Waals surface area (Å²) in [5, 5.41) is 10.1. The molecule has 0 heterocycles. The predicted molar refractivity (Wildman–Crippen MR) is 96.4 cm³/mol. The van der Waals surface area contributed by atoms with E-state index in [1.807, 2.05) is 18.2 Å². The van der Waals surface area contributed by atoms with Crippen LogP contribution >= 0.6 is 0 Å². The van der Waals surface area contributed by atoms with E-state index in [1.54, 1.807) is 40.6 Å². The number of hydrogen-bond acceptors (Lipinski definition) is 5.